The predicted octanol–water partition coefficient (Wildman–Crippen LogP) is 2.83. The minimum atomic E-state index is -3.62. The first-order valence-corrected chi connectivity index (χ1v) is 11.7. The molecule has 1 atom stereocenters. The number of anilines is 1. The number of fused-ring (bicyclic) bond motifs is 1. The van der Waals surface area contributed by atoms with Crippen molar-refractivity contribution in [3.8, 4) is 0 Å². The maximum Gasteiger partial charge on any atom is 0.321 e. The zero-order valence-corrected chi connectivity index (χ0v) is 18.5. The summed E-state index contributed by atoms with van der Waals surface area (Å²) >= 11 is 0. The summed E-state index contributed by atoms with van der Waals surface area (Å²) in [5.74, 6) is -0.365. The maximum absolute atomic E-state index is 13.2. The highest BCUT2D eigenvalue weighted by atomic mass is 32.2. The van der Waals surface area contributed by atoms with Gasteiger partial charge in [-0.2, -0.15) is 4.31 Å². The van der Waals surface area contributed by atoms with Crippen molar-refractivity contribution in [2.24, 2.45) is 0 Å². The fourth-order valence-electron chi connectivity index (χ4n) is 4.48. The summed E-state index contributed by atoms with van der Waals surface area (Å²) in [6.45, 7) is 6.41. The van der Waals surface area contributed by atoms with Gasteiger partial charge in [0, 0.05) is 50.0 Å². The molecule has 31 heavy (non-hydrogen) atoms. The number of nitrogens with zero attached hydrogens (tertiary/aromatic N) is 3. The quantitative estimate of drug-likeness (QED) is 0.787. The molecule has 2 aliphatic rings. The number of amides is 2. The van der Waals surface area contributed by atoms with Crippen molar-refractivity contribution >= 4 is 21.7 Å². The smallest absolute Gasteiger partial charge is 0.321 e. The highest BCUT2D eigenvalue weighted by molar-refractivity contribution is 7.89. The molecule has 0 aliphatic carbocycles. The number of nitrogens with one attached hydrogen (secondary N) is 1. The van der Waals surface area contributed by atoms with Crippen LogP contribution in [0.4, 0.5) is 14.9 Å². The van der Waals surface area contributed by atoms with Crippen molar-refractivity contribution in [2.75, 3.05) is 38.0 Å². The Balaban J connectivity index is 1.50. The largest absolute Gasteiger partial charge is 0.322 e. The van der Waals surface area contributed by atoms with Crippen LogP contribution in [0.1, 0.15) is 13.8 Å². The molecule has 2 aromatic carbocycles. The van der Waals surface area contributed by atoms with Crippen molar-refractivity contribution in [1.82, 2.24) is 14.1 Å². The van der Waals surface area contributed by atoms with Gasteiger partial charge in [0.25, 0.3) is 0 Å². The van der Waals surface area contributed by atoms with Crippen molar-refractivity contribution in [1.29, 1.82) is 0 Å². The molecule has 0 saturated carbocycles. The Labute approximate surface area is 182 Å². The maximum atomic E-state index is 13.2. The molecule has 2 amide bonds. The lowest BCUT2D eigenvalue weighted by Crippen LogP contribution is -2.70. The van der Waals surface area contributed by atoms with Crippen molar-refractivity contribution in [3.05, 3.63) is 60.4 Å². The monoisotopic (exact) mass is 446 g/mol. The van der Waals surface area contributed by atoms with E-state index in [2.05, 4.69) is 10.2 Å². The first-order valence-electron chi connectivity index (χ1n) is 10.3. The van der Waals surface area contributed by atoms with Crippen LogP contribution >= 0.6 is 0 Å². The van der Waals surface area contributed by atoms with Gasteiger partial charge in [0.05, 0.1) is 4.90 Å². The number of piperazine rings is 2. The summed E-state index contributed by atoms with van der Waals surface area (Å²) in [7, 11) is -3.62. The average molecular weight is 447 g/mol. The third-order valence-corrected chi connectivity index (χ3v) is 7.83. The third-order valence-electron chi connectivity index (χ3n) is 6.00. The molecular weight excluding hydrogens is 419 g/mol. The summed E-state index contributed by atoms with van der Waals surface area (Å²) < 4.78 is 41.1. The number of halogens is 1. The van der Waals surface area contributed by atoms with E-state index in [4.69, 9.17) is 0 Å². The fraction of sp³-hybridized carbons (Fsp3) is 0.409. The summed E-state index contributed by atoms with van der Waals surface area (Å²) in [5, 5.41) is 2.79. The third kappa shape index (κ3) is 4.44. The Kier molecular flexibility index (Phi) is 5.76. The minimum Gasteiger partial charge on any atom is -0.322 e. The first kappa shape index (κ1) is 21.7. The lowest BCUT2D eigenvalue weighted by Gasteiger charge is -2.54. The molecule has 166 valence electrons. The number of sulfonamides is 1. The molecule has 0 unspecified atom stereocenters. The molecule has 9 heteroatoms. The van der Waals surface area contributed by atoms with Gasteiger partial charge in [-0.15, -0.1) is 0 Å². The van der Waals surface area contributed by atoms with Crippen LogP contribution < -0.4 is 5.32 Å². The van der Waals surface area contributed by atoms with E-state index in [-0.39, 0.29) is 28.3 Å². The first-order chi connectivity index (χ1) is 14.7. The SMILES string of the molecule is CC1(C)CN(S(=O)(=O)c2ccccc2)C[C@@H]2CN(C(=O)Nc3ccc(F)cc3)CCN21. The second-order valence-corrected chi connectivity index (χ2v) is 10.6. The molecular formula is C22H27FN4O3S. The van der Waals surface area contributed by atoms with Crippen LogP contribution in [0.3, 0.4) is 0 Å². The van der Waals surface area contributed by atoms with E-state index in [0.717, 1.165) is 0 Å². The van der Waals surface area contributed by atoms with Gasteiger partial charge in [-0.3, -0.25) is 4.90 Å². The van der Waals surface area contributed by atoms with E-state index < -0.39 is 10.0 Å². The summed E-state index contributed by atoms with van der Waals surface area (Å²) in [6.07, 6.45) is 0. The minimum absolute atomic E-state index is 0.116. The average Bonchev–Trinajstić information content (AvgIpc) is 2.75. The van der Waals surface area contributed by atoms with E-state index in [1.165, 1.54) is 28.6 Å². The Morgan fingerprint density at radius 1 is 1.03 bits per heavy atom. The van der Waals surface area contributed by atoms with Gasteiger partial charge in [0.2, 0.25) is 10.0 Å². The zero-order valence-electron chi connectivity index (χ0n) is 17.7. The molecule has 0 spiro atoms. The van der Waals surface area contributed by atoms with Crippen LogP contribution in [-0.4, -0.2) is 72.9 Å². The molecule has 2 fully saturated rings. The van der Waals surface area contributed by atoms with Gasteiger partial charge < -0.3 is 10.2 Å². The Morgan fingerprint density at radius 3 is 2.39 bits per heavy atom. The lowest BCUT2D eigenvalue weighted by molar-refractivity contribution is -0.0325. The topological polar surface area (TPSA) is 73.0 Å². The standard InChI is InChI=1S/C22H27FN4O3S/c1-22(2)16-26(31(29,30)20-6-4-3-5-7-20)15-19-14-25(12-13-27(19)22)21(28)24-18-10-8-17(23)9-11-18/h3-11,19H,12-16H2,1-2H3,(H,24,28)/t19-/m0/s1. The van der Waals surface area contributed by atoms with Crippen LogP contribution in [0.25, 0.3) is 0 Å². The van der Waals surface area contributed by atoms with Crippen LogP contribution in [0.5, 0.6) is 0 Å². The second-order valence-electron chi connectivity index (χ2n) is 8.65. The Bertz CT molecular complexity index is 1040. The lowest BCUT2D eigenvalue weighted by atomic mass is 9.94. The molecule has 2 saturated heterocycles. The van der Waals surface area contributed by atoms with Gasteiger partial charge in [0.15, 0.2) is 0 Å². The number of urea groups is 1. The summed E-state index contributed by atoms with van der Waals surface area (Å²) in [4.78, 5) is 17.0. The van der Waals surface area contributed by atoms with E-state index in [1.54, 1.807) is 35.2 Å². The molecule has 2 aliphatic heterocycles. The van der Waals surface area contributed by atoms with Crippen molar-refractivity contribution < 1.29 is 17.6 Å². The molecule has 1 N–H and O–H groups in total. The molecule has 4 rings (SSSR count). The zero-order chi connectivity index (χ0) is 22.2. The highest BCUT2D eigenvalue weighted by Gasteiger charge is 2.46. The van der Waals surface area contributed by atoms with E-state index in [0.29, 0.717) is 38.4 Å². The number of hydrogen-bond donors (Lipinski definition) is 1. The van der Waals surface area contributed by atoms with Crippen LogP contribution in [-0.2, 0) is 10.0 Å². The molecule has 0 aromatic heterocycles. The highest BCUT2D eigenvalue weighted by Crippen LogP contribution is 2.31. The molecule has 2 heterocycles. The van der Waals surface area contributed by atoms with E-state index in [1.807, 2.05) is 13.8 Å². The fourth-order valence-corrected chi connectivity index (χ4v) is 6.13. The van der Waals surface area contributed by atoms with Crippen LogP contribution in [0.2, 0.25) is 0 Å². The number of hydrogen-bond acceptors (Lipinski definition) is 4. The Morgan fingerprint density at radius 2 is 1.71 bits per heavy atom. The number of carbonyl (C=O) groups excluding carboxylic acids is 1. The number of rotatable bonds is 3. The van der Waals surface area contributed by atoms with Gasteiger partial charge in [0.1, 0.15) is 5.82 Å². The van der Waals surface area contributed by atoms with Gasteiger partial charge >= 0.3 is 6.03 Å². The van der Waals surface area contributed by atoms with Gasteiger partial charge in [-0.1, -0.05) is 18.2 Å². The van der Waals surface area contributed by atoms with Crippen molar-refractivity contribution in [2.45, 2.75) is 30.3 Å². The summed E-state index contributed by atoms with van der Waals surface area (Å²) in [6, 6.07) is 13.7. The van der Waals surface area contributed by atoms with Crippen molar-refractivity contribution in [3.63, 3.8) is 0 Å². The predicted molar refractivity (Wildman–Crippen MR) is 117 cm³/mol. The molecule has 0 bridgehead atoms. The van der Waals surface area contributed by atoms with Crippen LogP contribution in [0, 0.1) is 5.82 Å². The van der Waals surface area contributed by atoms with Gasteiger partial charge in [-0.25, -0.2) is 17.6 Å². The Hall–Kier alpha value is -2.49. The van der Waals surface area contributed by atoms with Crippen LogP contribution in [0.15, 0.2) is 59.5 Å². The molecule has 2 aromatic rings. The normalized spacial score (nSPS) is 22.0. The summed E-state index contributed by atoms with van der Waals surface area (Å²) in [5.41, 5.74) is 0.163. The van der Waals surface area contributed by atoms with E-state index >= 15 is 0 Å². The number of benzene rings is 2. The second kappa shape index (κ2) is 8.22. The molecule has 7 nitrogen and oxygen atoms in total. The molecule has 0 radical (unpaired) electrons. The number of carbonyl (C=O) groups is 1. The van der Waals surface area contributed by atoms with Gasteiger partial charge in [-0.05, 0) is 50.2 Å². The van der Waals surface area contributed by atoms with E-state index in [9.17, 15) is 17.6 Å².